The van der Waals surface area contributed by atoms with Crippen LogP contribution in [-0.2, 0) is 42.2 Å². The summed E-state index contributed by atoms with van der Waals surface area (Å²) in [5.41, 5.74) is -0.399. The van der Waals surface area contributed by atoms with Gasteiger partial charge in [0.05, 0.1) is 18.3 Å². The summed E-state index contributed by atoms with van der Waals surface area (Å²) in [6.45, 7) is 4.25. The third-order valence-corrected chi connectivity index (χ3v) is 13.7. The molecule has 280 valence electrons. The van der Waals surface area contributed by atoms with E-state index in [1.54, 1.807) is 18.3 Å². The van der Waals surface area contributed by atoms with Crippen molar-refractivity contribution < 1.29 is 36.7 Å². The zero-order valence-electron chi connectivity index (χ0n) is 29.3. The maximum Gasteiger partial charge on any atom is 0.410 e. The Morgan fingerprint density at radius 3 is 2.67 bits per heavy atom. The quantitative estimate of drug-likeness (QED) is 0.349. The van der Waals surface area contributed by atoms with Crippen molar-refractivity contribution in [1.82, 2.24) is 24.8 Å². The number of sulfonamides is 1. The van der Waals surface area contributed by atoms with Gasteiger partial charge in [-0.2, -0.15) is 0 Å². The van der Waals surface area contributed by atoms with Crippen molar-refractivity contribution in [3.8, 4) is 0 Å². The van der Waals surface area contributed by atoms with Crippen molar-refractivity contribution in [3.05, 3.63) is 58.4 Å². The van der Waals surface area contributed by atoms with Crippen molar-refractivity contribution in [2.45, 2.75) is 120 Å². The number of thiazole rings is 1. The summed E-state index contributed by atoms with van der Waals surface area (Å²) < 4.78 is 48.1. The van der Waals surface area contributed by atoms with Gasteiger partial charge in [0, 0.05) is 35.5 Å². The number of halogens is 1. The number of nitrogens with zero attached hydrogens (tertiary/aromatic N) is 3. The number of carbonyl (C=O) groups is 4. The molecule has 52 heavy (non-hydrogen) atoms. The summed E-state index contributed by atoms with van der Waals surface area (Å²) in [7, 11) is -3.89. The number of hydrogen-bond donors (Lipinski definition) is 3. The van der Waals surface area contributed by atoms with Crippen LogP contribution in [0.3, 0.4) is 0 Å². The Morgan fingerprint density at radius 1 is 1.13 bits per heavy atom. The van der Waals surface area contributed by atoms with Crippen LogP contribution in [0.2, 0.25) is 0 Å². The van der Waals surface area contributed by atoms with Gasteiger partial charge in [-0.05, 0) is 56.1 Å². The molecule has 3 fully saturated rings. The van der Waals surface area contributed by atoms with Crippen LogP contribution in [0, 0.1) is 11.7 Å². The second-order valence-electron chi connectivity index (χ2n) is 14.9. The van der Waals surface area contributed by atoms with Crippen molar-refractivity contribution in [2.24, 2.45) is 5.92 Å². The maximum absolute atomic E-state index is 14.5. The Balaban J connectivity index is 1.15. The average molecular weight is 757 g/mol. The molecule has 2 aliphatic carbocycles. The molecule has 3 N–H and O–H groups in total. The van der Waals surface area contributed by atoms with Gasteiger partial charge in [-0.1, -0.05) is 51.0 Å². The highest BCUT2D eigenvalue weighted by molar-refractivity contribution is 7.91. The van der Waals surface area contributed by atoms with Crippen LogP contribution >= 0.6 is 11.3 Å². The molecule has 0 spiro atoms. The smallest absolute Gasteiger partial charge is 0.410 e. The number of anilines is 1. The molecule has 16 heteroatoms. The first-order valence-corrected chi connectivity index (χ1v) is 20.5. The van der Waals surface area contributed by atoms with E-state index in [4.69, 9.17) is 4.74 Å². The van der Waals surface area contributed by atoms with E-state index in [2.05, 4.69) is 34.2 Å². The third kappa shape index (κ3) is 7.54. The van der Waals surface area contributed by atoms with E-state index < -0.39 is 68.6 Å². The molecule has 4 heterocycles. The Morgan fingerprint density at radius 2 is 1.94 bits per heavy atom. The monoisotopic (exact) mass is 756 g/mol. The standard InChI is InChI=1S/C36H45FN6O7S2/c1-21(2)30-17-38-34(51-30)39-28-12-7-5-3-4-6-10-23-16-36(23,33(46)41-52(48,49)25-13-14-25)40-31(44)29-15-24(19-43(29)32(28)45)50-35(47)42-18-22-9-8-11-27(37)26(22)20-42/h6,8-11,17,21,23-25,28-29H,3-5,7,12-16,18-20H2,1-2H3,(H,38,39)(H,40,44)(H,41,46)/b10-6-/t23-,24+,28-,29-,36+/m0/s1. The largest absolute Gasteiger partial charge is 0.444 e. The van der Waals surface area contributed by atoms with Gasteiger partial charge in [0.2, 0.25) is 21.8 Å². The predicted molar refractivity (Wildman–Crippen MR) is 191 cm³/mol. The van der Waals surface area contributed by atoms with Gasteiger partial charge in [-0.25, -0.2) is 22.6 Å². The SMILES string of the molecule is CC(C)c1cnc(N[C@H]2CCCCC/C=C\[C@H]3C[C@@]3(C(=O)NS(=O)(=O)C3CC3)NC(=O)[C@@H]3C[C@@H](OC(=O)N4Cc5cccc(F)c5C4)CN3C2=O)s1. The molecule has 5 atom stereocenters. The highest BCUT2D eigenvalue weighted by atomic mass is 32.2. The number of allylic oxidation sites excluding steroid dienone is 1. The molecule has 2 aromatic rings. The number of aromatic nitrogens is 1. The zero-order chi connectivity index (χ0) is 36.8. The molecule has 7 rings (SSSR count). The number of fused-ring (bicyclic) bond motifs is 3. The molecular weight excluding hydrogens is 712 g/mol. The van der Waals surface area contributed by atoms with Gasteiger partial charge < -0.3 is 20.3 Å². The molecule has 0 unspecified atom stereocenters. The van der Waals surface area contributed by atoms with Gasteiger partial charge in [0.1, 0.15) is 29.5 Å². The molecule has 2 saturated carbocycles. The fourth-order valence-corrected chi connectivity index (χ4v) is 9.58. The molecule has 1 aromatic heterocycles. The highest BCUT2D eigenvalue weighted by Gasteiger charge is 2.62. The summed E-state index contributed by atoms with van der Waals surface area (Å²) in [5.74, 6) is -2.38. The highest BCUT2D eigenvalue weighted by Crippen LogP contribution is 2.46. The van der Waals surface area contributed by atoms with Gasteiger partial charge in [-0.3, -0.25) is 24.0 Å². The average Bonchev–Trinajstić information content (AvgIpc) is 3.89. The molecule has 5 aliphatic rings. The topological polar surface area (TPSA) is 167 Å². The maximum atomic E-state index is 14.5. The van der Waals surface area contributed by atoms with Crippen LogP contribution in [0.25, 0.3) is 0 Å². The first kappa shape index (κ1) is 36.3. The summed E-state index contributed by atoms with van der Waals surface area (Å²) in [4.78, 5) is 64.2. The minimum Gasteiger partial charge on any atom is -0.444 e. The lowest BCUT2D eigenvalue weighted by Gasteiger charge is -2.29. The van der Waals surface area contributed by atoms with Crippen LogP contribution in [0.1, 0.15) is 93.6 Å². The van der Waals surface area contributed by atoms with Crippen molar-refractivity contribution in [1.29, 1.82) is 0 Å². The summed E-state index contributed by atoms with van der Waals surface area (Å²) >= 11 is 1.46. The molecule has 1 saturated heterocycles. The number of carbonyl (C=O) groups excluding carboxylic acids is 4. The number of nitrogens with one attached hydrogen (secondary N) is 3. The summed E-state index contributed by atoms with van der Waals surface area (Å²) in [5, 5.41) is 6.12. The predicted octanol–water partition coefficient (Wildman–Crippen LogP) is 4.31. The van der Waals surface area contributed by atoms with Crippen molar-refractivity contribution >= 4 is 50.3 Å². The van der Waals surface area contributed by atoms with Gasteiger partial charge in [-0.15, -0.1) is 11.3 Å². The zero-order valence-corrected chi connectivity index (χ0v) is 30.9. The number of hydrogen-bond acceptors (Lipinski definition) is 10. The fourth-order valence-electron chi connectivity index (χ4n) is 7.34. The van der Waals surface area contributed by atoms with Crippen molar-refractivity contribution in [3.63, 3.8) is 0 Å². The first-order valence-electron chi connectivity index (χ1n) is 18.1. The van der Waals surface area contributed by atoms with E-state index in [0.29, 0.717) is 35.5 Å². The van der Waals surface area contributed by atoms with Crippen LogP contribution in [0.15, 0.2) is 36.5 Å². The second-order valence-corrected chi connectivity index (χ2v) is 17.9. The number of amides is 4. The minimum absolute atomic E-state index is 0.0363. The van der Waals surface area contributed by atoms with E-state index in [1.807, 2.05) is 12.2 Å². The molecule has 1 aromatic carbocycles. The van der Waals surface area contributed by atoms with E-state index in [1.165, 1.54) is 27.2 Å². The third-order valence-electron chi connectivity index (χ3n) is 10.7. The van der Waals surface area contributed by atoms with Crippen LogP contribution in [0.4, 0.5) is 14.3 Å². The first-order chi connectivity index (χ1) is 24.8. The second kappa shape index (κ2) is 14.4. The van der Waals surface area contributed by atoms with Gasteiger partial charge in [0.15, 0.2) is 5.13 Å². The molecular formula is C36H45FN6O7S2. The molecule has 4 amide bonds. The fraction of sp³-hybridized carbons (Fsp3) is 0.583. The lowest BCUT2D eigenvalue weighted by molar-refractivity contribution is -0.140. The molecule has 13 nitrogen and oxygen atoms in total. The van der Waals surface area contributed by atoms with Crippen LogP contribution in [0.5, 0.6) is 0 Å². The Hall–Kier alpha value is -4.05. The lowest BCUT2D eigenvalue weighted by Crippen LogP contribution is -2.57. The van der Waals surface area contributed by atoms with Gasteiger partial charge in [0.25, 0.3) is 5.91 Å². The Bertz CT molecular complexity index is 1880. The Kier molecular flexibility index (Phi) is 10.1. The molecule has 0 radical (unpaired) electrons. The van der Waals surface area contributed by atoms with Crippen molar-refractivity contribution in [2.75, 3.05) is 11.9 Å². The van der Waals surface area contributed by atoms with E-state index in [-0.39, 0.29) is 44.3 Å². The number of ether oxygens (including phenoxy) is 1. The Labute approximate surface area is 306 Å². The summed E-state index contributed by atoms with van der Waals surface area (Å²) in [6, 6.07) is 2.83. The number of rotatable bonds is 7. The molecule has 3 aliphatic heterocycles. The van der Waals surface area contributed by atoms with E-state index in [9.17, 15) is 32.0 Å². The van der Waals surface area contributed by atoms with E-state index in [0.717, 1.165) is 30.6 Å². The van der Waals surface area contributed by atoms with Crippen LogP contribution in [-0.4, -0.2) is 82.5 Å². The van der Waals surface area contributed by atoms with Gasteiger partial charge >= 0.3 is 6.09 Å². The minimum atomic E-state index is -3.89. The number of benzene rings is 1. The lowest BCUT2D eigenvalue weighted by atomic mass is 10.1. The molecule has 0 bridgehead atoms. The normalized spacial score (nSPS) is 28.5. The van der Waals surface area contributed by atoms with Crippen LogP contribution < -0.4 is 15.4 Å². The summed E-state index contributed by atoms with van der Waals surface area (Å²) in [6.07, 6.45) is 8.75. The van der Waals surface area contributed by atoms with E-state index >= 15 is 0 Å².